The van der Waals surface area contributed by atoms with Gasteiger partial charge in [0.15, 0.2) is 0 Å². The number of hydrogen-bond donors (Lipinski definition) is 0. The van der Waals surface area contributed by atoms with Crippen LogP contribution in [-0.4, -0.2) is 18.4 Å². The highest BCUT2D eigenvalue weighted by atomic mass is 35.5. The molecule has 0 radical (unpaired) electrons. The Morgan fingerprint density at radius 2 is 1.94 bits per heavy atom. The van der Waals surface area contributed by atoms with Crippen LogP contribution in [0.15, 0.2) is 12.1 Å². The molecule has 0 saturated carbocycles. The Morgan fingerprint density at radius 3 is 2.47 bits per heavy atom. The summed E-state index contributed by atoms with van der Waals surface area (Å²) in [5, 5.41) is 0.646. The number of Topliss-reactive ketones (excluding diaryl/α,β-unsaturated/α-hetero) is 1. The smallest absolute Gasteiger partial charge is 0.379 e. The van der Waals surface area contributed by atoms with Gasteiger partial charge in [-0.3, -0.25) is 4.79 Å². The maximum absolute atomic E-state index is 11.7. The number of esters is 1. The van der Waals surface area contributed by atoms with Gasteiger partial charge in [0.2, 0.25) is 0 Å². The van der Waals surface area contributed by atoms with E-state index in [0.717, 1.165) is 11.1 Å². The van der Waals surface area contributed by atoms with E-state index in [1.165, 1.54) is 0 Å². The number of hydrogen-bond acceptors (Lipinski definition) is 3. The number of carbonyl (C=O) groups is 2. The number of ether oxygens (including phenoxy) is 1. The van der Waals surface area contributed by atoms with Crippen molar-refractivity contribution < 1.29 is 14.3 Å². The molecule has 3 nitrogen and oxygen atoms in total. The molecule has 0 amide bonds. The van der Waals surface area contributed by atoms with Crippen molar-refractivity contribution in [2.75, 3.05) is 6.61 Å². The van der Waals surface area contributed by atoms with Crippen LogP contribution < -0.4 is 0 Å². The highest BCUT2D eigenvalue weighted by Crippen LogP contribution is 2.23. The van der Waals surface area contributed by atoms with Crippen LogP contribution in [0.2, 0.25) is 5.02 Å². The third-order valence-electron chi connectivity index (χ3n) is 2.43. The van der Waals surface area contributed by atoms with Crippen molar-refractivity contribution in [3.8, 4) is 0 Å². The Labute approximate surface area is 106 Å². The molecule has 0 unspecified atom stereocenters. The monoisotopic (exact) mass is 254 g/mol. The Hall–Kier alpha value is -1.35. The van der Waals surface area contributed by atoms with Gasteiger partial charge in [-0.2, -0.15) is 0 Å². The number of carbonyl (C=O) groups excluding carboxylic acids is 2. The third kappa shape index (κ3) is 3.07. The highest BCUT2D eigenvalue weighted by molar-refractivity contribution is 6.41. The fourth-order valence-corrected chi connectivity index (χ4v) is 1.79. The van der Waals surface area contributed by atoms with Gasteiger partial charge in [0, 0.05) is 10.6 Å². The largest absolute Gasteiger partial charge is 0.460 e. The normalized spacial score (nSPS) is 10.1. The van der Waals surface area contributed by atoms with Crippen molar-refractivity contribution in [3.05, 3.63) is 33.8 Å². The molecule has 1 aromatic carbocycles. The van der Waals surface area contributed by atoms with Gasteiger partial charge in [-0.1, -0.05) is 18.5 Å². The minimum Gasteiger partial charge on any atom is -0.460 e. The summed E-state index contributed by atoms with van der Waals surface area (Å²) in [6.07, 6.45) is 0.712. The van der Waals surface area contributed by atoms with Crippen LogP contribution in [0.25, 0.3) is 0 Å². The maximum atomic E-state index is 11.7. The van der Waals surface area contributed by atoms with E-state index in [1.807, 2.05) is 13.8 Å². The van der Waals surface area contributed by atoms with Gasteiger partial charge >= 0.3 is 5.97 Å². The van der Waals surface area contributed by atoms with E-state index in [1.54, 1.807) is 19.1 Å². The quantitative estimate of drug-likeness (QED) is 0.471. The average Bonchev–Trinajstić information content (AvgIpc) is 2.31. The molecular formula is C13H15ClO3. The Kier molecular flexibility index (Phi) is 4.70. The van der Waals surface area contributed by atoms with Crippen LogP contribution >= 0.6 is 11.6 Å². The number of ketones is 1. The molecule has 0 heterocycles. The molecule has 4 heteroatoms. The summed E-state index contributed by atoms with van der Waals surface area (Å²) in [7, 11) is 0. The molecule has 0 aliphatic heterocycles. The van der Waals surface area contributed by atoms with E-state index < -0.39 is 11.8 Å². The third-order valence-corrected chi connectivity index (χ3v) is 2.97. The van der Waals surface area contributed by atoms with Crippen molar-refractivity contribution in [3.63, 3.8) is 0 Å². The summed E-state index contributed by atoms with van der Waals surface area (Å²) in [5.41, 5.74) is 1.99. The number of aryl methyl sites for hydroxylation is 2. The Morgan fingerprint density at radius 1 is 1.29 bits per heavy atom. The molecule has 92 valence electrons. The molecule has 0 bridgehead atoms. The van der Waals surface area contributed by atoms with E-state index in [4.69, 9.17) is 11.6 Å². The van der Waals surface area contributed by atoms with Crippen LogP contribution in [0.4, 0.5) is 0 Å². The number of rotatable bonds is 4. The molecule has 0 fully saturated rings. The first-order valence-corrected chi connectivity index (χ1v) is 5.89. The Bertz CT molecular complexity index is 452. The molecule has 0 atom stereocenters. The van der Waals surface area contributed by atoms with Gasteiger partial charge in [0.25, 0.3) is 5.78 Å². The lowest BCUT2D eigenvalue weighted by molar-refractivity contribution is -0.137. The number of halogens is 1. The molecule has 1 rings (SSSR count). The second kappa shape index (κ2) is 5.82. The zero-order chi connectivity index (χ0) is 13.0. The van der Waals surface area contributed by atoms with E-state index in [2.05, 4.69) is 4.74 Å². The summed E-state index contributed by atoms with van der Waals surface area (Å²) in [6, 6.07) is 3.26. The fourth-order valence-electron chi connectivity index (χ4n) is 1.55. The molecule has 0 aliphatic rings. The molecule has 0 aromatic heterocycles. The Balaban J connectivity index is 3.11. The first kappa shape index (κ1) is 13.7. The van der Waals surface area contributed by atoms with Gasteiger partial charge in [-0.05, 0) is 43.5 Å². The van der Waals surface area contributed by atoms with Crippen LogP contribution in [-0.2, 0) is 16.0 Å². The minimum atomic E-state index is -0.823. The van der Waals surface area contributed by atoms with Gasteiger partial charge in [0.1, 0.15) is 0 Å². The van der Waals surface area contributed by atoms with Crippen LogP contribution in [0, 0.1) is 6.92 Å². The van der Waals surface area contributed by atoms with Crippen molar-refractivity contribution in [2.24, 2.45) is 0 Å². The lowest BCUT2D eigenvalue weighted by Crippen LogP contribution is -2.18. The first-order valence-electron chi connectivity index (χ1n) is 5.51. The van der Waals surface area contributed by atoms with E-state index in [0.29, 0.717) is 17.0 Å². The lowest BCUT2D eigenvalue weighted by Gasteiger charge is -2.08. The van der Waals surface area contributed by atoms with Crippen molar-refractivity contribution >= 4 is 23.4 Å². The standard InChI is InChI=1S/C13H15ClO3/c1-4-9-7-10(6-8(3)11(9)14)12(15)13(16)17-5-2/h6-7H,4-5H2,1-3H3. The second-order valence-corrected chi connectivity index (χ2v) is 4.05. The zero-order valence-electron chi connectivity index (χ0n) is 10.2. The zero-order valence-corrected chi connectivity index (χ0v) is 10.9. The maximum Gasteiger partial charge on any atom is 0.379 e. The van der Waals surface area contributed by atoms with E-state index in [9.17, 15) is 9.59 Å². The number of benzene rings is 1. The van der Waals surface area contributed by atoms with Crippen molar-refractivity contribution in [1.82, 2.24) is 0 Å². The summed E-state index contributed by atoms with van der Waals surface area (Å²) in [6.45, 7) is 5.61. The molecule has 0 spiro atoms. The van der Waals surface area contributed by atoms with Crippen LogP contribution in [0.3, 0.4) is 0 Å². The molecular weight excluding hydrogens is 240 g/mol. The van der Waals surface area contributed by atoms with Crippen molar-refractivity contribution in [1.29, 1.82) is 0 Å². The van der Waals surface area contributed by atoms with Gasteiger partial charge in [0.05, 0.1) is 6.61 Å². The molecule has 0 aliphatic carbocycles. The lowest BCUT2D eigenvalue weighted by atomic mass is 10.0. The van der Waals surface area contributed by atoms with Gasteiger partial charge in [-0.15, -0.1) is 0 Å². The minimum absolute atomic E-state index is 0.192. The predicted octanol–water partition coefficient (Wildman–Crippen LogP) is 2.96. The van der Waals surface area contributed by atoms with Gasteiger partial charge in [-0.25, -0.2) is 4.79 Å². The molecule has 1 aromatic rings. The second-order valence-electron chi connectivity index (χ2n) is 3.67. The van der Waals surface area contributed by atoms with E-state index >= 15 is 0 Å². The SMILES string of the molecule is CCOC(=O)C(=O)c1cc(C)c(Cl)c(CC)c1. The molecule has 17 heavy (non-hydrogen) atoms. The van der Waals surface area contributed by atoms with Crippen molar-refractivity contribution in [2.45, 2.75) is 27.2 Å². The average molecular weight is 255 g/mol. The topological polar surface area (TPSA) is 43.4 Å². The van der Waals surface area contributed by atoms with Crippen LogP contribution in [0.1, 0.15) is 35.3 Å². The van der Waals surface area contributed by atoms with Gasteiger partial charge < -0.3 is 4.74 Å². The summed E-state index contributed by atoms with van der Waals surface area (Å²) >= 11 is 6.08. The molecule has 0 N–H and O–H groups in total. The first-order chi connectivity index (χ1) is 8.01. The molecule has 0 saturated heterocycles. The fraction of sp³-hybridized carbons (Fsp3) is 0.385. The van der Waals surface area contributed by atoms with E-state index in [-0.39, 0.29) is 6.61 Å². The highest BCUT2D eigenvalue weighted by Gasteiger charge is 2.19. The summed E-state index contributed by atoms with van der Waals surface area (Å²) in [5.74, 6) is -1.45. The van der Waals surface area contributed by atoms with Crippen LogP contribution in [0.5, 0.6) is 0 Å². The predicted molar refractivity (Wildman–Crippen MR) is 66.5 cm³/mol. The summed E-state index contributed by atoms with van der Waals surface area (Å²) < 4.78 is 4.68. The summed E-state index contributed by atoms with van der Waals surface area (Å²) in [4.78, 5) is 23.1.